The maximum atomic E-state index is 9.13. The van der Waals surface area contributed by atoms with Crippen LogP contribution in [0, 0.1) is 11.3 Å². The van der Waals surface area contributed by atoms with E-state index in [0.29, 0.717) is 18.4 Å². The first-order valence-corrected chi connectivity index (χ1v) is 10.6. The molecular weight excluding hydrogens is 384 g/mol. The van der Waals surface area contributed by atoms with E-state index < -0.39 is 0 Å². The number of anilines is 2. The minimum absolute atomic E-state index is 0.132. The molecular formula is C20H18N8S. The highest BCUT2D eigenvalue weighted by atomic mass is 32.1. The zero-order valence-electron chi connectivity index (χ0n) is 15.6. The summed E-state index contributed by atoms with van der Waals surface area (Å²) in [7, 11) is 0. The van der Waals surface area contributed by atoms with E-state index in [-0.39, 0.29) is 5.54 Å². The van der Waals surface area contributed by atoms with Crippen LogP contribution in [0.5, 0.6) is 0 Å². The monoisotopic (exact) mass is 402 g/mol. The van der Waals surface area contributed by atoms with Crippen LogP contribution in [-0.2, 0) is 5.54 Å². The van der Waals surface area contributed by atoms with Crippen LogP contribution in [0.25, 0.3) is 21.5 Å². The van der Waals surface area contributed by atoms with E-state index in [1.165, 1.54) is 12.8 Å². The van der Waals surface area contributed by atoms with Gasteiger partial charge in [-0.05, 0) is 37.1 Å². The lowest BCUT2D eigenvalue weighted by Gasteiger charge is -2.11. The molecule has 0 saturated heterocycles. The van der Waals surface area contributed by atoms with Gasteiger partial charge in [-0.3, -0.25) is 9.36 Å². The summed E-state index contributed by atoms with van der Waals surface area (Å²) in [4.78, 5) is 9.47. The largest absolute Gasteiger partial charge is 0.321 e. The molecule has 2 fully saturated rings. The van der Waals surface area contributed by atoms with Gasteiger partial charge in [0, 0.05) is 18.0 Å². The Bertz CT molecular complexity index is 1250. The zero-order valence-corrected chi connectivity index (χ0v) is 16.4. The third-order valence-electron chi connectivity index (χ3n) is 5.66. The fourth-order valence-electron chi connectivity index (χ4n) is 3.67. The first kappa shape index (κ1) is 16.7. The van der Waals surface area contributed by atoms with Gasteiger partial charge in [-0.2, -0.15) is 15.5 Å². The van der Waals surface area contributed by atoms with Gasteiger partial charge in [0.2, 0.25) is 5.95 Å². The highest BCUT2D eigenvalue weighted by Gasteiger charge is 2.45. The van der Waals surface area contributed by atoms with Crippen molar-refractivity contribution in [2.75, 3.05) is 5.32 Å². The molecule has 4 aromatic rings. The average molecular weight is 402 g/mol. The number of rotatable bonds is 6. The van der Waals surface area contributed by atoms with Gasteiger partial charge >= 0.3 is 0 Å². The second-order valence-corrected chi connectivity index (χ2v) is 8.74. The summed E-state index contributed by atoms with van der Waals surface area (Å²) in [5, 5.41) is 23.4. The molecule has 0 radical (unpaired) electrons. The van der Waals surface area contributed by atoms with Crippen LogP contribution in [-0.4, -0.2) is 29.5 Å². The third kappa shape index (κ3) is 2.87. The minimum atomic E-state index is -0.132. The molecule has 6 rings (SSSR count). The van der Waals surface area contributed by atoms with E-state index in [1.807, 2.05) is 45.6 Å². The number of nitrogens with one attached hydrogen (secondary N) is 1. The van der Waals surface area contributed by atoms with Gasteiger partial charge in [-0.1, -0.05) is 0 Å². The fraction of sp³-hybridized carbons (Fsp3) is 0.350. The smallest absolute Gasteiger partial charge is 0.228 e. The molecule has 1 N–H and O–H groups in total. The fourth-order valence-corrected chi connectivity index (χ4v) is 4.51. The predicted molar refractivity (Wildman–Crippen MR) is 110 cm³/mol. The standard InChI is InChI=1S/C20H18N8S/c21-7-6-20(4-5-20)28-11-13(9-23-28)17-18-16(3-8-29-18)25-19(26-17)24-14-10-22-27(12-14)15-1-2-15/h3,8-12,15H,1-2,4-6H2,(H,24,25,26). The predicted octanol–water partition coefficient (Wildman–Crippen LogP) is 4.23. The van der Waals surface area contributed by atoms with Gasteiger partial charge in [-0.25, -0.2) is 9.97 Å². The van der Waals surface area contributed by atoms with Gasteiger partial charge in [0.25, 0.3) is 0 Å². The van der Waals surface area contributed by atoms with Crippen LogP contribution < -0.4 is 5.32 Å². The van der Waals surface area contributed by atoms with Crippen molar-refractivity contribution in [2.45, 2.75) is 43.7 Å². The number of nitriles is 1. The molecule has 0 atom stereocenters. The molecule has 144 valence electrons. The Kier molecular flexibility index (Phi) is 3.52. The maximum Gasteiger partial charge on any atom is 0.228 e. The number of thiophene rings is 1. The number of nitrogens with zero attached hydrogens (tertiary/aromatic N) is 7. The van der Waals surface area contributed by atoms with Crippen LogP contribution in [0.4, 0.5) is 11.6 Å². The van der Waals surface area contributed by atoms with Crippen molar-refractivity contribution in [3.05, 3.63) is 36.2 Å². The lowest BCUT2D eigenvalue weighted by molar-refractivity contribution is 0.440. The summed E-state index contributed by atoms with van der Waals surface area (Å²) < 4.78 is 4.98. The summed E-state index contributed by atoms with van der Waals surface area (Å²) >= 11 is 1.62. The number of fused-ring (bicyclic) bond motifs is 1. The molecule has 0 spiro atoms. The van der Waals surface area contributed by atoms with Crippen molar-refractivity contribution in [1.82, 2.24) is 29.5 Å². The molecule has 0 aliphatic heterocycles. The molecule has 0 aromatic carbocycles. The Morgan fingerprint density at radius 3 is 2.90 bits per heavy atom. The van der Waals surface area contributed by atoms with Crippen molar-refractivity contribution in [3.8, 4) is 17.3 Å². The molecule has 0 bridgehead atoms. The van der Waals surface area contributed by atoms with Gasteiger partial charge < -0.3 is 5.32 Å². The highest BCUT2D eigenvalue weighted by molar-refractivity contribution is 7.17. The van der Waals surface area contributed by atoms with Crippen molar-refractivity contribution >= 4 is 33.2 Å². The molecule has 2 aliphatic rings. The first-order chi connectivity index (χ1) is 14.2. The number of hydrogen-bond donors (Lipinski definition) is 1. The van der Waals surface area contributed by atoms with E-state index in [2.05, 4.69) is 26.6 Å². The zero-order chi connectivity index (χ0) is 19.4. The van der Waals surface area contributed by atoms with Gasteiger partial charge in [-0.15, -0.1) is 11.3 Å². The molecule has 4 aromatic heterocycles. The summed E-state index contributed by atoms with van der Waals surface area (Å²) in [5.41, 5.74) is 3.47. The summed E-state index contributed by atoms with van der Waals surface area (Å²) in [6, 6.07) is 4.84. The number of aromatic nitrogens is 6. The van der Waals surface area contributed by atoms with Gasteiger partial charge in [0.05, 0.1) is 58.1 Å². The Morgan fingerprint density at radius 1 is 1.21 bits per heavy atom. The molecule has 8 nitrogen and oxygen atoms in total. The average Bonchev–Trinajstić information content (AvgIpc) is 3.53. The van der Waals surface area contributed by atoms with Crippen LogP contribution in [0.2, 0.25) is 0 Å². The molecule has 9 heteroatoms. The Labute approximate surface area is 170 Å². The Balaban J connectivity index is 1.36. The second kappa shape index (κ2) is 6.12. The summed E-state index contributed by atoms with van der Waals surface area (Å²) in [6.45, 7) is 0. The Hall–Kier alpha value is -3.25. The molecule has 0 unspecified atom stereocenters. The van der Waals surface area contributed by atoms with Gasteiger partial charge in [0.1, 0.15) is 0 Å². The van der Waals surface area contributed by atoms with Crippen LogP contribution >= 0.6 is 11.3 Å². The van der Waals surface area contributed by atoms with Crippen molar-refractivity contribution in [1.29, 1.82) is 5.26 Å². The lowest BCUT2D eigenvalue weighted by Crippen LogP contribution is -2.16. The van der Waals surface area contributed by atoms with Crippen LogP contribution in [0.15, 0.2) is 36.2 Å². The van der Waals surface area contributed by atoms with Crippen molar-refractivity contribution in [2.24, 2.45) is 0 Å². The van der Waals surface area contributed by atoms with Gasteiger partial charge in [0.15, 0.2) is 0 Å². The molecule has 4 heterocycles. The maximum absolute atomic E-state index is 9.13. The van der Waals surface area contributed by atoms with Crippen molar-refractivity contribution in [3.63, 3.8) is 0 Å². The first-order valence-electron chi connectivity index (χ1n) is 9.73. The van der Waals surface area contributed by atoms with E-state index >= 15 is 0 Å². The number of hydrogen-bond acceptors (Lipinski definition) is 7. The van der Waals surface area contributed by atoms with E-state index in [0.717, 1.165) is 40.0 Å². The van der Waals surface area contributed by atoms with Crippen LogP contribution in [0.3, 0.4) is 0 Å². The minimum Gasteiger partial charge on any atom is -0.321 e. The van der Waals surface area contributed by atoms with E-state index in [4.69, 9.17) is 10.2 Å². The van der Waals surface area contributed by atoms with Crippen LogP contribution in [0.1, 0.15) is 38.1 Å². The molecule has 0 amide bonds. The molecule has 2 saturated carbocycles. The van der Waals surface area contributed by atoms with Crippen molar-refractivity contribution < 1.29 is 0 Å². The lowest BCUT2D eigenvalue weighted by atomic mass is 10.2. The second-order valence-electron chi connectivity index (χ2n) is 7.83. The van der Waals surface area contributed by atoms with E-state index in [1.54, 1.807) is 11.3 Å². The summed E-state index contributed by atoms with van der Waals surface area (Å²) in [5.74, 6) is 0.548. The Morgan fingerprint density at radius 2 is 2.10 bits per heavy atom. The molecule has 2 aliphatic carbocycles. The quantitative estimate of drug-likeness (QED) is 0.518. The SMILES string of the molecule is N#CCC1(n2cc(-c3nc(Nc4cnn(C5CC5)c4)nc4ccsc34)cn2)CC1. The molecule has 29 heavy (non-hydrogen) atoms. The third-order valence-corrected chi connectivity index (χ3v) is 6.57. The summed E-state index contributed by atoms with van der Waals surface area (Å²) in [6.07, 6.45) is 12.6. The normalized spacial score (nSPS) is 17.3. The van der Waals surface area contributed by atoms with E-state index in [9.17, 15) is 0 Å². The highest BCUT2D eigenvalue weighted by Crippen LogP contribution is 2.46. The topological polar surface area (TPSA) is 97.2 Å².